The first-order valence-corrected chi connectivity index (χ1v) is 10.2. The number of hydrogen-bond donors (Lipinski definition) is 3. The van der Waals surface area contributed by atoms with Crippen LogP contribution in [0.5, 0.6) is 5.75 Å². The molecule has 6 nitrogen and oxygen atoms in total. The van der Waals surface area contributed by atoms with Crippen molar-refractivity contribution in [2.75, 3.05) is 22.5 Å². The Kier molecular flexibility index (Phi) is 9.02. The van der Waals surface area contributed by atoms with Crippen molar-refractivity contribution in [3.8, 4) is 5.75 Å². The number of benzene rings is 2. The van der Waals surface area contributed by atoms with Crippen LogP contribution in [0, 0.1) is 0 Å². The van der Waals surface area contributed by atoms with Gasteiger partial charge < -0.3 is 20.7 Å². The van der Waals surface area contributed by atoms with E-state index in [0.29, 0.717) is 12.1 Å². The number of hydrogen-bond acceptors (Lipinski definition) is 4. The zero-order valence-corrected chi connectivity index (χ0v) is 17.5. The Bertz CT molecular complexity index is 788. The maximum absolute atomic E-state index is 12.2. The summed E-state index contributed by atoms with van der Waals surface area (Å²) in [6.07, 6.45) is 3.67. The minimum absolute atomic E-state index is 0.0123. The van der Waals surface area contributed by atoms with Crippen LogP contribution in [-0.2, 0) is 9.59 Å². The molecule has 2 amide bonds. The predicted octanol–water partition coefficient (Wildman–Crippen LogP) is 5.04. The Morgan fingerprint density at radius 3 is 2.28 bits per heavy atom. The van der Waals surface area contributed by atoms with Gasteiger partial charge in [0.15, 0.2) is 0 Å². The zero-order chi connectivity index (χ0) is 21.1. The lowest BCUT2D eigenvalue weighted by molar-refractivity contribution is -0.116. The first kappa shape index (κ1) is 22.3. The van der Waals surface area contributed by atoms with E-state index in [9.17, 15) is 9.59 Å². The standard InChI is InChI=1S/C23H31N3O3/c1-4-5-6-10-22(27)26-20-9-7-8-19(15-20)24-16-23(28)25-18-11-13-21(14-12-18)29-17(2)3/h7-9,11-15,17,24H,4-6,10,16H2,1-3H3,(H,25,28)(H,26,27). The summed E-state index contributed by atoms with van der Waals surface area (Å²) >= 11 is 0. The zero-order valence-electron chi connectivity index (χ0n) is 17.5. The highest BCUT2D eigenvalue weighted by Crippen LogP contribution is 2.18. The summed E-state index contributed by atoms with van der Waals surface area (Å²) in [7, 11) is 0. The summed E-state index contributed by atoms with van der Waals surface area (Å²) < 4.78 is 5.59. The summed E-state index contributed by atoms with van der Waals surface area (Å²) in [6, 6.07) is 14.6. The molecule has 0 spiro atoms. The van der Waals surface area contributed by atoms with E-state index in [1.807, 2.05) is 62.4 Å². The highest BCUT2D eigenvalue weighted by Gasteiger charge is 2.06. The summed E-state index contributed by atoms with van der Waals surface area (Å²) in [5.74, 6) is 0.624. The lowest BCUT2D eigenvalue weighted by Crippen LogP contribution is -2.21. The molecule has 0 aliphatic heterocycles. The van der Waals surface area contributed by atoms with Crippen molar-refractivity contribution in [2.24, 2.45) is 0 Å². The Hall–Kier alpha value is -3.02. The van der Waals surface area contributed by atoms with Crippen LogP contribution < -0.4 is 20.7 Å². The summed E-state index contributed by atoms with van der Waals surface area (Å²) in [5, 5.41) is 8.82. The monoisotopic (exact) mass is 397 g/mol. The van der Waals surface area contributed by atoms with Crippen LogP contribution >= 0.6 is 0 Å². The molecule has 2 aromatic carbocycles. The molecule has 6 heteroatoms. The summed E-state index contributed by atoms with van der Waals surface area (Å²) in [6.45, 7) is 6.17. The van der Waals surface area contributed by atoms with Gasteiger partial charge in [0, 0.05) is 23.5 Å². The molecule has 3 N–H and O–H groups in total. The minimum Gasteiger partial charge on any atom is -0.491 e. The molecule has 0 fully saturated rings. The Morgan fingerprint density at radius 2 is 1.59 bits per heavy atom. The lowest BCUT2D eigenvalue weighted by Gasteiger charge is -2.12. The van der Waals surface area contributed by atoms with E-state index in [1.54, 1.807) is 0 Å². The fourth-order valence-corrected chi connectivity index (χ4v) is 2.74. The van der Waals surface area contributed by atoms with E-state index < -0.39 is 0 Å². The lowest BCUT2D eigenvalue weighted by atomic mass is 10.2. The third kappa shape index (κ3) is 8.68. The number of anilines is 3. The molecule has 0 aliphatic carbocycles. The fourth-order valence-electron chi connectivity index (χ4n) is 2.74. The van der Waals surface area contributed by atoms with E-state index >= 15 is 0 Å². The van der Waals surface area contributed by atoms with Crippen LogP contribution in [0.25, 0.3) is 0 Å². The SMILES string of the molecule is CCCCCC(=O)Nc1cccc(NCC(=O)Nc2ccc(OC(C)C)cc2)c1. The van der Waals surface area contributed by atoms with Gasteiger partial charge >= 0.3 is 0 Å². The number of unbranched alkanes of at least 4 members (excludes halogenated alkanes) is 2. The maximum Gasteiger partial charge on any atom is 0.243 e. The molecule has 29 heavy (non-hydrogen) atoms. The van der Waals surface area contributed by atoms with E-state index in [-0.39, 0.29) is 24.5 Å². The molecule has 0 radical (unpaired) electrons. The fraction of sp³-hybridized carbons (Fsp3) is 0.391. The summed E-state index contributed by atoms with van der Waals surface area (Å²) in [5.41, 5.74) is 2.20. The van der Waals surface area contributed by atoms with Gasteiger partial charge in [-0.15, -0.1) is 0 Å². The number of rotatable bonds is 11. The molecule has 0 bridgehead atoms. The van der Waals surface area contributed by atoms with Crippen LogP contribution in [0.3, 0.4) is 0 Å². The minimum atomic E-state index is -0.156. The predicted molar refractivity (Wildman–Crippen MR) is 119 cm³/mol. The average molecular weight is 398 g/mol. The van der Waals surface area contributed by atoms with Gasteiger partial charge in [0.25, 0.3) is 0 Å². The molecule has 0 aromatic heterocycles. The van der Waals surface area contributed by atoms with E-state index in [0.717, 1.165) is 36.4 Å². The molecular weight excluding hydrogens is 366 g/mol. The maximum atomic E-state index is 12.2. The molecule has 0 aliphatic rings. The van der Waals surface area contributed by atoms with Crippen LogP contribution in [0.2, 0.25) is 0 Å². The normalized spacial score (nSPS) is 10.5. The Labute approximate surface area is 173 Å². The molecule has 0 unspecified atom stereocenters. The number of carbonyl (C=O) groups excluding carboxylic acids is 2. The van der Waals surface area contributed by atoms with Crippen LogP contribution in [0.4, 0.5) is 17.1 Å². The molecule has 0 heterocycles. The van der Waals surface area contributed by atoms with Crippen molar-refractivity contribution >= 4 is 28.9 Å². The second-order valence-corrected chi connectivity index (χ2v) is 7.18. The van der Waals surface area contributed by atoms with Crippen LogP contribution in [0.1, 0.15) is 46.5 Å². The van der Waals surface area contributed by atoms with Crippen molar-refractivity contribution in [3.05, 3.63) is 48.5 Å². The number of ether oxygens (including phenoxy) is 1. The molecule has 2 aromatic rings. The average Bonchev–Trinajstić information content (AvgIpc) is 2.68. The topological polar surface area (TPSA) is 79.5 Å². The van der Waals surface area contributed by atoms with E-state index in [2.05, 4.69) is 22.9 Å². The molecule has 0 atom stereocenters. The van der Waals surface area contributed by atoms with Crippen LogP contribution in [0.15, 0.2) is 48.5 Å². The van der Waals surface area contributed by atoms with Gasteiger partial charge in [-0.2, -0.15) is 0 Å². The number of amides is 2. The van der Waals surface area contributed by atoms with Crippen molar-refractivity contribution in [1.29, 1.82) is 0 Å². The molecular formula is C23H31N3O3. The molecule has 0 saturated carbocycles. The molecule has 156 valence electrons. The Balaban J connectivity index is 1.80. The second-order valence-electron chi connectivity index (χ2n) is 7.18. The smallest absolute Gasteiger partial charge is 0.243 e. The quantitative estimate of drug-likeness (QED) is 0.464. The van der Waals surface area contributed by atoms with Gasteiger partial charge in [0.2, 0.25) is 11.8 Å². The molecule has 0 saturated heterocycles. The Morgan fingerprint density at radius 1 is 0.897 bits per heavy atom. The van der Waals surface area contributed by atoms with Gasteiger partial charge in [-0.25, -0.2) is 0 Å². The molecule has 2 rings (SSSR count). The number of carbonyl (C=O) groups is 2. The number of nitrogens with one attached hydrogen (secondary N) is 3. The van der Waals surface area contributed by atoms with Gasteiger partial charge in [0.05, 0.1) is 12.6 Å². The van der Waals surface area contributed by atoms with Gasteiger partial charge in [0.1, 0.15) is 5.75 Å². The third-order valence-electron chi connectivity index (χ3n) is 4.12. The van der Waals surface area contributed by atoms with Gasteiger partial charge in [-0.3, -0.25) is 9.59 Å². The van der Waals surface area contributed by atoms with Gasteiger partial charge in [-0.1, -0.05) is 25.8 Å². The van der Waals surface area contributed by atoms with Gasteiger partial charge in [-0.05, 0) is 62.7 Å². The van der Waals surface area contributed by atoms with E-state index in [4.69, 9.17) is 4.74 Å². The largest absolute Gasteiger partial charge is 0.491 e. The summed E-state index contributed by atoms with van der Waals surface area (Å²) in [4.78, 5) is 24.1. The van der Waals surface area contributed by atoms with Crippen molar-refractivity contribution in [3.63, 3.8) is 0 Å². The highest BCUT2D eigenvalue weighted by atomic mass is 16.5. The first-order valence-electron chi connectivity index (χ1n) is 10.2. The van der Waals surface area contributed by atoms with Crippen LogP contribution in [-0.4, -0.2) is 24.5 Å². The highest BCUT2D eigenvalue weighted by molar-refractivity contribution is 5.94. The van der Waals surface area contributed by atoms with Crippen molar-refractivity contribution in [1.82, 2.24) is 0 Å². The first-order chi connectivity index (χ1) is 14.0. The van der Waals surface area contributed by atoms with Crippen molar-refractivity contribution < 1.29 is 14.3 Å². The van der Waals surface area contributed by atoms with E-state index in [1.165, 1.54) is 0 Å². The van der Waals surface area contributed by atoms with Crippen molar-refractivity contribution in [2.45, 2.75) is 52.6 Å². The third-order valence-corrected chi connectivity index (χ3v) is 4.12. The second kappa shape index (κ2) is 11.7.